The van der Waals surface area contributed by atoms with Crippen LogP contribution < -0.4 is 19.5 Å². The summed E-state index contributed by atoms with van der Waals surface area (Å²) in [6, 6.07) is 9.17. The predicted molar refractivity (Wildman–Crippen MR) is 93.4 cm³/mol. The van der Waals surface area contributed by atoms with Gasteiger partial charge in [0.05, 0.1) is 18.7 Å². The van der Waals surface area contributed by atoms with Gasteiger partial charge in [0.1, 0.15) is 5.75 Å². The number of amides is 1. The summed E-state index contributed by atoms with van der Waals surface area (Å²) in [6.07, 6.45) is 0. The number of alkyl halides is 2. The number of carbonyl (C=O) groups is 1. The van der Waals surface area contributed by atoms with Gasteiger partial charge in [0, 0.05) is 17.7 Å². The van der Waals surface area contributed by atoms with Crippen LogP contribution in [-0.2, 0) is 6.54 Å². The van der Waals surface area contributed by atoms with Crippen molar-refractivity contribution in [2.45, 2.75) is 20.1 Å². The minimum atomic E-state index is -2.94. The zero-order chi connectivity index (χ0) is 19.1. The van der Waals surface area contributed by atoms with Gasteiger partial charge in [-0.3, -0.25) is 4.79 Å². The van der Waals surface area contributed by atoms with Gasteiger partial charge in [-0.1, -0.05) is 29.8 Å². The third-order valence-electron chi connectivity index (χ3n) is 3.41. The van der Waals surface area contributed by atoms with Gasteiger partial charge in [0.15, 0.2) is 11.5 Å². The van der Waals surface area contributed by atoms with Crippen molar-refractivity contribution in [3.63, 3.8) is 0 Å². The first-order chi connectivity index (χ1) is 12.5. The molecule has 0 aromatic heterocycles. The summed E-state index contributed by atoms with van der Waals surface area (Å²) < 4.78 is 39.9. The molecule has 8 heteroatoms. The van der Waals surface area contributed by atoms with Gasteiger partial charge in [-0.2, -0.15) is 8.78 Å². The molecule has 140 valence electrons. The van der Waals surface area contributed by atoms with Crippen LogP contribution in [0.25, 0.3) is 0 Å². The molecule has 2 rings (SSSR count). The predicted octanol–water partition coefficient (Wildman–Crippen LogP) is 4.28. The fourth-order valence-corrected chi connectivity index (χ4v) is 2.54. The van der Waals surface area contributed by atoms with E-state index in [1.807, 2.05) is 0 Å². The molecule has 0 radical (unpaired) electrons. The standard InChI is InChI=1S/C18H18ClF2NO4/c1-3-25-16-13(19)8-12(9-15(16)24-2)17(23)22-10-11-6-4-5-7-14(11)26-18(20)21/h4-9,18H,3,10H2,1-2H3,(H,22,23). The molecule has 2 aromatic carbocycles. The molecule has 0 aliphatic heterocycles. The molecule has 0 aliphatic carbocycles. The van der Waals surface area contributed by atoms with Crippen LogP contribution in [0.15, 0.2) is 36.4 Å². The van der Waals surface area contributed by atoms with Gasteiger partial charge >= 0.3 is 6.61 Å². The first-order valence-electron chi connectivity index (χ1n) is 7.77. The number of methoxy groups -OCH3 is 1. The van der Waals surface area contributed by atoms with Gasteiger partial charge in [-0.25, -0.2) is 0 Å². The van der Waals surface area contributed by atoms with Crippen molar-refractivity contribution < 1.29 is 27.8 Å². The van der Waals surface area contributed by atoms with E-state index in [0.29, 0.717) is 23.7 Å². The highest BCUT2D eigenvalue weighted by Crippen LogP contribution is 2.36. The van der Waals surface area contributed by atoms with Crippen molar-refractivity contribution >= 4 is 17.5 Å². The summed E-state index contributed by atoms with van der Waals surface area (Å²) in [7, 11) is 1.44. The number of halogens is 3. The van der Waals surface area contributed by atoms with Crippen LogP contribution >= 0.6 is 11.6 Å². The van der Waals surface area contributed by atoms with Crippen molar-refractivity contribution in [1.82, 2.24) is 5.32 Å². The number of para-hydroxylation sites is 1. The quantitative estimate of drug-likeness (QED) is 0.737. The van der Waals surface area contributed by atoms with Gasteiger partial charge < -0.3 is 19.5 Å². The van der Waals surface area contributed by atoms with Crippen molar-refractivity contribution in [2.75, 3.05) is 13.7 Å². The molecule has 1 amide bonds. The number of benzene rings is 2. The summed E-state index contributed by atoms with van der Waals surface area (Å²) in [4.78, 5) is 12.4. The van der Waals surface area contributed by atoms with Crippen LogP contribution in [0.5, 0.6) is 17.2 Å². The smallest absolute Gasteiger partial charge is 0.387 e. The number of nitrogens with one attached hydrogen (secondary N) is 1. The lowest BCUT2D eigenvalue weighted by Gasteiger charge is -2.14. The van der Waals surface area contributed by atoms with E-state index in [4.69, 9.17) is 21.1 Å². The van der Waals surface area contributed by atoms with E-state index in [1.54, 1.807) is 25.1 Å². The van der Waals surface area contributed by atoms with Crippen LogP contribution in [0.1, 0.15) is 22.8 Å². The number of hydrogen-bond acceptors (Lipinski definition) is 4. The summed E-state index contributed by atoms with van der Waals surface area (Å²) >= 11 is 6.15. The molecule has 1 N–H and O–H groups in total. The third-order valence-corrected chi connectivity index (χ3v) is 3.69. The first kappa shape index (κ1) is 19.8. The maximum atomic E-state index is 12.4. The summed E-state index contributed by atoms with van der Waals surface area (Å²) in [6.45, 7) is -0.742. The molecule has 5 nitrogen and oxygen atoms in total. The lowest BCUT2D eigenvalue weighted by atomic mass is 10.1. The molecule has 0 bridgehead atoms. The summed E-state index contributed by atoms with van der Waals surface area (Å²) in [5.74, 6) is 0.236. The van der Waals surface area contributed by atoms with Crippen LogP contribution in [0, 0.1) is 0 Å². The van der Waals surface area contributed by atoms with Crippen LogP contribution in [0.2, 0.25) is 5.02 Å². The van der Waals surface area contributed by atoms with E-state index < -0.39 is 12.5 Å². The van der Waals surface area contributed by atoms with Crippen LogP contribution in [0.4, 0.5) is 8.78 Å². The van der Waals surface area contributed by atoms with Crippen molar-refractivity contribution in [3.8, 4) is 17.2 Å². The Morgan fingerprint density at radius 1 is 1.23 bits per heavy atom. The molecular formula is C18H18ClF2NO4. The summed E-state index contributed by atoms with van der Waals surface area (Å²) in [5, 5.41) is 2.87. The van der Waals surface area contributed by atoms with E-state index in [9.17, 15) is 13.6 Å². The molecule has 0 spiro atoms. The molecule has 0 heterocycles. The molecular weight excluding hydrogens is 368 g/mol. The number of rotatable bonds is 8. The molecule has 2 aromatic rings. The average Bonchev–Trinajstić information content (AvgIpc) is 2.61. The van der Waals surface area contributed by atoms with Gasteiger partial charge in [-0.05, 0) is 25.1 Å². The number of hydrogen-bond donors (Lipinski definition) is 1. The zero-order valence-corrected chi connectivity index (χ0v) is 15.0. The Morgan fingerprint density at radius 2 is 1.96 bits per heavy atom. The van der Waals surface area contributed by atoms with Crippen molar-refractivity contribution in [3.05, 3.63) is 52.5 Å². The molecule has 0 fully saturated rings. The van der Waals surface area contributed by atoms with Crippen molar-refractivity contribution in [2.24, 2.45) is 0 Å². The second-order valence-corrected chi connectivity index (χ2v) is 5.50. The summed E-state index contributed by atoms with van der Waals surface area (Å²) in [5.41, 5.74) is 0.674. The zero-order valence-electron chi connectivity index (χ0n) is 14.2. The molecule has 0 atom stereocenters. The highest BCUT2D eigenvalue weighted by atomic mass is 35.5. The fraction of sp³-hybridized carbons (Fsp3) is 0.278. The van der Waals surface area contributed by atoms with E-state index >= 15 is 0 Å². The Kier molecular flexibility index (Phi) is 7.03. The van der Waals surface area contributed by atoms with E-state index in [1.165, 1.54) is 25.3 Å². The first-order valence-corrected chi connectivity index (χ1v) is 8.15. The van der Waals surface area contributed by atoms with Crippen molar-refractivity contribution in [1.29, 1.82) is 0 Å². The SMILES string of the molecule is CCOc1c(Cl)cc(C(=O)NCc2ccccc2OC(F)F)cc1OC. The van der Waals surface area contributed by atoms with Gasteiger partial charge in [0.2, 0.25) is 0 Å². The fourth-order valence-electron chi connectivity index (χ4n) is 2.27. The Labute approximate surface area is 154 Å². The highest BCUT2D eigenvalue weighted by molar-refractivity contribution is 6.32. The van der Waals surface area contributed by atoms with Gasteiger partial charge in [-0.15, -0.1) is 0 Å². The lowest BCUT2D eigenvalue weighted by molar-refractivity contribution is -0.0504. The van der Waals surface area contributed by atoms with E-state index in [-0.39, 0.29) is 22.9 Å². The Bertz CT molecular complexity index is 771. The molecule has 0 aliphatic rings. The number of carbonyl (C=O) groups excluding carboxylic acids is 1. The van der Waals surface area contributed by atoms with Crippen LogP contribution in [0.3, 0.4) is 0 Å². The Balaban J connectivity index is 2.15. The molecule has 0 saturated heterocycles. The topological polar surface area (TPSA) is 56.8 Å². The monoisotopic (exact) mass is 385 g/mol. The second kappa shape index (κ2) is 9.24. The molecule has 0 saturated carbocycles. The lowest BCUT2D eigenvalue weighted by Crippen LogP contribution is -2.23. The maximum absolute atomic E-state index is 12.4. The molecule has 26 heavy (non-hydrogen) atoms. The average molecular weight is 386 g/mol. The second-order valence-electron chi connectivity index (χ2n) is 5.09. The maximum Gasteiger partial charge on any atom is 0.387 e. The van der Waals surface area contributed by atoms with E-state index in [2.05, 4.69) is 10.1 Å². The van der Waals surface area contributed by atoms with Gasteiger partial charge in [0.25, 0.3) is 5.91 Å². The van der Waals surface area contributed by atoms with Crippen LogP contribution in [-0.4, -0.2) is 26.2 Å². The minimum absolute atomic E-state index is 0.00473. The Hall–Kier alpha value is -2.54. The number of ether oxygens (including phenoxy) is 3. The highest BCUT2D eigenvalue weighted by Gasteiger charge is 2.16. The normalized spacial score (nSPS) is 10.5. The largest absolute Gasteiger partial charge is 0.493 e. The van der Waals surface area contributed by atoms with E-state index in [0.717, 1.165) is 0 Å². The molecule has 0 unspecified atom stereocenters. The minimum Gasteiger partial charge on any atom is -0.493 e. The Morgan fingerprint density at radius 3 is 2.62 bits per heavy atom. The third kappa shape index (κ3) is 4.98.